The summed E-state index contributed by atoms with van der Waals surface area (Å²) in [6.45, 7) is 11.9. The highest BCUT2D eigenvalue weighted by atomic mass is 31.2. The molecule has 0 aliphatic rings. The number of hydrogen-bond acceptors (Lipinski definition) is 15. The zero-order chi connectivity index (χ0) is 75.1. The van der Waals surface area contributed by atoms with E-state index in [1.807, 2.05) is 0 Å². The number of phosphoric ester groups is 2. The van der Waals surface area contributed by atoms with Crippen LogP contribution in [-0.4, -0.2) is 96.7 Å². The fourth-order valence-corrected chi connectivity index (χ4v) is 13.8. The van der Waals surface area contributed by atoms with E-state index < -0.39 is 97.5 Å². The highest BCUT2D eigenvalue weighted by molar-refractivity contribution is 7.47. The summed E-state index contributed by atoms with van der Waals surface area (Å²) < 4.78 is 68.7. The lowest BCUT2D eigenvalue weighted by Gasteiger charge is -2.21. The summed E-state index contributed by atoms with van der Waals surface area (Å²) in [5, 5.41) is 10.6. The number of esters is 4. The molecule has 0 aromatic carbocycles. The van der Waals surface area contributed by atoms with E-state index in [-0.39, 0.29) is 25.7 Å². The van der Waals surface area contributed by atoms with Gasteiger partial charge in [0.25, 0.3) is 0 Å². The van der Waals surface area contributed by atoms with Crippen LogP contribution >= 0.6 is 15.6 Å². The van der Waals surface area contributed by atoms with Crippen molar-refractivity contribution in [3.8, 4) is 0 Å². The summed E-state index contributed by atoms with van der Waals surface area (Å²) >= 11 is 0. The number of aliphatic hydroxyl groups is 1. The molecule has 0 bridgehead atoms. The molecule has 3 N–H and O–H groups in total. The number of carbonyl (C=O) groups is 4. The molecule has 602 valence electrons. The van der Waals surface area contributed by atoms with Crippen molar-refractivity contribution in [1.29, 1.82) is 0 Å². The highest BCUT2D eigenvalue weighted by Crippen LogP contribution is 2.45. The van der Waals surface area contributed by atoms with Gasteiger partial charge in [0.2, 0.25) is 0 Å². The van der Waals surface area contributed by atoms with E-state index in [0.717, 1.165) is 127 Å². The number of allylic oxidation sites excluding steroid dienone is 4. The maximum absolute atomic E-state index is 13.1. The van der Waals surface area contributed by atoms with Gasteiger partial charge < -0.3 is 33.8 Å². The van der Waals surface area contributed by atoms with Crippen molar-refractivity contribution in [2.24, 2.45) is 17.8 Å². The first kappa shape index (κ1) is 99.5. The summed E-state index contributed by atoms with van der Waals surface area (Å²) in [6, 6.07) is 0. The van der Waals surface area contributed by atoms with Gasteiger partial charge in [-0.2, -0.15) is 0 Å². The molecule has 0 aliphatic carbocycles. The van der Waals surface area contributed by atoms with Crippen molar-refractivity contribution in [3.05, 3.63) is 24.3 Å². The number of phosphoric acid groups is 2. The number of hydrogen-bond donors (Lipinski definition) is 3. The van der Waals surface area contributed by atoms with Crippen LogP contribution in [0.15, 0.2) is 24.3 Å². The summed E-state index contributed by atoms with van der Waals surface area (Å²) in [5.41, 5.74) is 0. The standard InChI is InChI=1S/C83H158O17P2/c1-8-11-12-13-14-15-16-17-20-28-33-38-43-52-59-66-82(87)99-78(70-93-80(85)64-57-50-42-37-32-27-24-23-26-31-36-41-48-55-62-75(6)9-2)72-97-101(89,90)95-68-77(84)69-96-102(91,92)98-73-79(71-94-81(86)65-58-51-46-45-49-56-63-76(7)10-3)100-83(88)67-60-53-44-39-34-29-22-19-18-21-25-30-35-40-47-54-61-74(4)5/h15-17,20,74-79,84H,8-14,18-19,21-73H2,1-7H3,(H,89,90)(H,91,92)/b16-15-,20-17-/t75?,76?,77-,78-,79-/m1/s1. The van der Waals surface area contributed by atoms with E-state index in [1.165, 1.54) is 199 Å². The minimum absolute atomic E-state index is 0.0851. The second-order valence-corrected chi connectivity index (χ2v) is 33.0. The lowest BCUT2D eigenvalue weighted by Crippen LogP contribution is -2.30. The Morgan fingerprint density at radius 2 is 0.578 bits per heavy atom. The van der Waals surface area contributed by atoms with Gasteiger partial charge in [-0.15, -0.1) is 0 Å². The van der Waals surface area contributed by atoms with E-state index in [9.17, 15) is 43.2 Å². The van der Waals surface area contributed by atoms with Crippen molar-refractivity contribution < 1.29 is 80.2 Å². The van der Waals surface area contributed by atoms with E-state index in [0.29, 0.717) is 25.7 Å². The van der Waals surface area contributed by atoms with Gasteiger partial charge in [-0.1, -0.05) is 355 Å². The third-order valence-electron chi connectivity index (χ3n) is 19.5. The van der Waals surface area contributed by atoms with Crippen molar-refractivity contribution in [2.75, 3.05) is 39.6 Å². The average molecular weight is 1490 g/mol. The Balaban J connectivity index is 5.26. The Hall–Kier alpha value is -2.46. The Labute approximate surface area is 624 Å². The molecule has 0 fully saturated rings. The zero-order valence-electron chi connectivity index (χ0n) is 66.6. The topological polar surface area (TPSA) is 237 Å². The molecule has 0 amide bonds. The number of carbonyl (C=O) groups excluding carboxylic acids is 4. The highest BCUT2D eigenvalue weighted by Gasteiger charge is 2.30. The Bertz CT molecular complexity index is 2070. The van der Waals surface area contributed by atoms with Crippen molar-refractivity contribution >= 4 is 39.5 Å². The molecule has 0 rings (SSSR count). The number of unbranched alkanes of at least 4 members (excludes halogenated alkanes) is 42. The van der Waals surface area contributed by atoms with Crippen molar-refractivity contribution in [3.63, 3.8) is 0 Å². The second kappa shape index (κ2) is 72.7. The van der Waals surface area contributed by atoms with E-state index in [1.54, 1.807) is 0 Å². The molecular weight excluding hydrogens is 1330 g/mol. The van der Waals surface area contributed by atoms with Gasteiger partial charge in [0.05, 0.1) is 26.4 Å². The molecule has 0 spiro atoms. The minimum atomic E-state index is -4.97. The third-order valence-corrected chi connectivity index (χ3v) is 21.4. The molecular formula is C83H158O17P2. The van der Waals surface area contributed by atoms with Crippen LogP contribution in [0.5, 0.6) is 0 Å². The Morgan fingerprint density at radius 1 is 0.324 bits per heavy atom. The predicted octanol–water partition coefficient (Wildman–Crippen LogP) is 24.5. The first-order valence-electron chi connectivity index (χ1n) is 42.2. The molecule has 19 heteroatoms. The predicted molar refractivity (Wildman–Crippen MR) is 418 cm³/mol. The molecule has 17 nitrogen and oxygen atoms in total. The molecule has 0 aromatic heterocycles. The average Bonchev–Trinajstić information content (AvgIpc) is 0.909. The van der Waals surface area contributed by atoms with Gasteiger partial charge in [-0.25, -0.2) is 9.13 Å². The van der Waals surface area contributed by atoms with Crippen molar-refractivity contribution in [1.82, 2.24) is 0 Å². The Kier molecular flexibility index (Phi) is 71.0. The fraction of sp³-hybridized carbons (Fsp3) is 0.904. The largest absolute Gasteiger partial charge is 0.472 e. The molecule has 0 radical (unpaired) electrons. The van der Waals surface area contributed by atoms with Crippen LogP contribution in [0, 0.1) is 17.8 Å². The molecule has 0 aromatic rings. The molecule has 0 saturated carbocycles. The van der Waals surface area contributed by atoms with Crippen LogP contribution in [0.25, 0.3) is 0 Å². The van der Waals surface area contributed by atoms with Gasteiger partial charge >= 0.3 is 39.5 Å². The van der Waals surface area contributed by atoms with Gasteiger partial charge in [-0.05, 0) is 69.1 Å². The van der Waals surface area contributed by atoms with Gasteiger partial charge in [-0.3, -0.25) is 37.3 Å². The fourth-order valence-electron chi connectivity index (χ4n) is 12.2. The smallest absolute Gasteiger partial charge is 0.462 e. The molecule has 0 saturated heterocycles. The van der Waals surface area contributed by atoms with E-state index >= 15 is 0 Å². The van der Waals surface area contributed by atoms with E-state index in [4.69, 9.17) is 37.0 Å². The minimum Gasteiger partial charge on any atom is -0.462 e. The number of rotatable bonds is 79. The van der Waals surface area contributed by atoms with Gasteiger partial charge in [0.1, 0.15) is 19.3 Å². The van der Waals surface area contributed by atoms with Crippen LogP contribution in [-0.2, 0) is 65.4 Å². The molecule has 0 heterocycles. The summed E-state index contributed by atoms with van der Waals surface area (Å²) in [6.07, 6.45) is 64.6. The van der Waals surface area contributed by atoms with Crippen LogP contribution in [0.4, 0.5) is 0 Å². The summed E-state index contributed by atoms with van der Waals surface area (Å²) in [5.74, 6) is 0.245. The first-order valence-corrected chi connectivity index (χ1v) is 45.2. The first-order chi connectivity index (χ1) is 49.3. The lowest BCUT2D eigenvalue weighted by molar-refractivity contribution is -0.161. The van der Waals surface area contributed by atoms with Crippen LogP contribution in [0.2, 0.25) is 0 Å². The van der Waals surface area contributed by atoms with Crippen LogP contribution < -0.4 is 0 Å². The maximum Gasteiger partial charge on any atom is 0.472 e. The lowest BCUT2D eigenvalue weighted by atomic mass is 9.99. The molecule has 102 heavy (non-hydrogen) atoms. The summed E-state index contributed by atoms with van der Waals surface area (Å²) in [7, 11) is -9.94. The maximum atomic E-state index is 13.1. The van der Waals surface area contributed by atoms with E-state index in [2.05, 4.69) is 72.8 Å². The SMILES string of the molecule is CCCCCC/C=C\C=C/CCCCCCCC(=O)O[C@H](COC(=O)CCCCCCCCCCCCCCCCC(C)CC)COP(=O)(O)OC[C@@H](O)COP(=O)(O)OC[C@@H](COC(=O)CCCCCCCCC(C)CC)OC(=O)CCCCCCCCCCCCCCCCCCC(C)C. The van der Waals surface area contributed by atoms with Gasteiger partial charge in [0, 0.05) is 25.7 Å². The quantitative estimate of drug-likeness (QED) is 0.0169. The zero-order valence-corrected chi connectivity index (χ0v) is 68.4. The van der Waals surface area contributed by atoms with Crippen LogP contribution in [0.1, 0.15) is 408 Å². The monoisotopic (exact) mass is 1490 g/mol. The second-order valence-electron chi connectivity index (χ2n) is 30.1. The molecule has 4 unspecified atom stereocenters. The van der Waals surface area contributed by atoms with Gasteiger partial charge in [0.15, 0.2) is 12.2 Å². The molecule has 7 atom stereocenters. The Morgan fingerprint density at radius 3 is 0.873 bits per heavy atom. The normalized spacial score (nSPS) is 14.6. The van der Waals surface area contributed by atoms with Crippen LogP contribution in [0.3, 0.4) is 0 Å². The third kappa shape index (κ3) is 73.1. The van der Waals surface area contributed by atoms with Crippen molar-refractivity contribution in [2.45, 2.75) is 426 Å². The molecule has 0 aliphatic heterocycles. The summed E-state index contributed by atoms with van der Waals surface area (Å²) in [4.78, 5) is 73.1. The number of ether oxygens (including phenoxy) is 4. The number of aliphatic hydroxyl groups excluding tert-OH is 1.